The molecule has 24 heavy (non-hydrogen) atoms. The number of rotatable bonds is 4. The molecule has 0 atom stereocenters. The first-order valence-electron chi connectivity index (χ1n) is 7.76. The van der Waals surface area contributed by atoms with Crippen molar-refractivity contribution < 1.29 is 8.42 Å². The molecule has 7 nitrogen and oxygen atoms in total. The minimum absolute atomic E-state index is 0.333. The molecule has 1 aliphatic rings. The van der Waals surface area contributed by atoms with Crippen molar-refractivity contribution in [3.05, 3.63) is 36.4 Å². The Morgan fingerprint density at radius 3 is 2.25 bits per heavy atom. The summed E-state index contributed by atoms with van der Waals surface area (Å²) in [6, 6.07) is 11.1. The maximum atomic E-state index is 13.1. The van der Waals surface area contributed by atoms with Gasteiger partial charge in [0.1, 0.15) is 0 Å². The number of hydrogen-bond donors (Lipinski definition) is 1. The van der Waals surface area contributed by atoms with Crippen LogP contribution in [0.25, 0.3) is 10.8 Å². The average Bonchev–Trinajstić information content (AvgIpc) is 2.60. The van der Waals surface area contributed by atoms with Gasteiger partial charge in [-0.15, -0.1) is 0 Å². The van der Waals surface area contributed by atoms with Gasteiger partial charge in [-0.25, -0.2) is 8.42 Å². The first kappa shape index (κ1) is 16.7. The van der Waals surface area contributed by atoms with E-state index in [4.69, 9.17) is 5.53 Å². The highest BCUT2D eigenvalue weighted by Crippen LogP contribution is 2.31. The van der Waals surface area contributed by atoms with Crippen molar-refractivity contribution in [1.29, 1.82) is 5.53 Å². The predicted molar refractivity (Wildman–Crippen MR) is 93.8 cm³/mol. The third kappa shape index (κ3) is 2.83. The first-order valence-corrected chi connectivity index (χ1v) is 9.20. The second-order valence-electron chi connectivity index (χ2n) is 5.98. The van der Waals surface area contributed by atoms with E-state index in [9.17, 15) is 8.42 Å². The van der Waals surface area contributed by atoms with E-state index < -0.39 is 10.0 Å². The van der Waals surface area contributed by atoms with Gasteiger partial charge in [-0.3, -0.25) is 5.01 Å². The van der Waals surface area contributed by atoms with Gasteiger partial charge in [0.05, 0.1) is 18.0 Å². The molecular formula is C16H21N5O2S. The lowest BCUT2D eigenvalue weighted by Gasteiger charge is -2.31. The van der Waals surface area contributed by atoms with Crippen LogP contribution in [0.5, 0.6) is 0 Å². The largest absolute Gasteiger partial charge is 0.377 e. The van der Waals surface area contributed by atoms with E-state index in [0.29, 0.717) is 31.1 Å². The normalized spacial score (nSPS) is 16.3. The predicted octanol–water partition coefficient (Wildman–Crippen LogP) is 2.16. The van der Waals surface area contributed by atoms with Gasteiger partial charge in [0, 0.05) is 43.6 Å². The van der Waals surface area contributed by atoms with Gasteiger partial charge in [-0.1, -0.05) is 29.5 Å². The van der Waals surface area contributed by atoms with Crippen LogP contribution in [-0.4, -0.2) is 58.0 Å². The van der Waals surface area contributed by atoms with Crippen LogP contribution in [0.4, 0.5) is 5.69 Å². The maximum absolute atomic E-state index is 13.1. The lowest BCUT2D eigenvalue weighted by atomic mass is 10.1. The van der Waals surface area contributed by atoms with Crippen LogP contribution in [0.15, 0.2) is 46.5 Å². The lowest BCUT2D eigenvalue weighted by molar-refractivity contribution is 0.179. The molecule has 1 aliphatic heterocycles. The fraction of sp³-hybridized carbons (Fsp3) is 0.375. The van der Waals surface area contributed by atoms with Crippen LogP contribution in [0.1, 0.15) is 0 Å². The highest BCUT2D eigenvalue weighted by atomic mass is 32.2. The van der Waals surface area contributed by atoms with Gasteiger partial charge >= 0.3 is 0 Å². The third-order valence-electron chi connectivity index (χ3n) is 4.32. The van der Waals surface area contributed by atoms with Gasteiger partial charge in [-0.2, -0.15) is 9.84 Å². The fourth-order valence-corrected chi connectivity index (χ4v) is 4.67. The molecule has 1 heterocycles. The fourth-order valence-electron chi connectivity index (χ4n) is 3.04. The standard InChI is InChI=1S/C16H21N5O2S/c1-19(2)15-7-3-6-14-13(15)5-4-8-16(14)24(22,23)21-11-9-20(18-17)10-12-21/h3-8,17H,9-12H2,1-2H3. The molecule has 0 spiro atoms. The van der Waals surface area contributed by atoms with Gasteiger partial charge in [0.2, 0.25) is 10.0 Å². The van der Waals surface area contributed by atoms with E-state index in [1.807, 2.05) is 43.3 Å². The van der Waals surface area contributed by atoms with Crippen LogP contribution < -0.4 is 4.90 Å². The second-order valence-corrected chi connectivity index (χ2v) is 7.89. The van der Waals surface area contributed by atoms with E-state index in [2.05, 4.69) is 5.22 Å². The Balaban J connectivity index is 2.06. The number of benzene rings is 2. The van der Waals surface area contributed by atoms with Gasteiger partial charge in [0.25, 0.3) is 0 Å². The summed E-state index contributed by atoms with van der Waals surface area (Å²) in [4.78, 5) is 2.31. The minimum Gasteiger partial charge on any atom is -0.377 e. The average molecular weight is 347 g/mol. The van der Waals surface area contributed by atoms with Crippen molar-refractivity contribution in [2.75, 3.05) is 45.2 Å². The molecule has 128 valence electrons. The van der Waals surface area contributed by atoms with Gasteiger partial charge in [0.15, 0.2) is 0 Å². The molecule has 0 saturated carbocycles. The van der Waals surface area contributed by atoms with Crippen molar-refractivity contribution in [1.82, 2.24) is 9.31 Å². The van der Waals surface area contributed by atoms with Crippen LogP contribution in [-0.2, 0) is 10.0 Å². The Labute approximate surface area is 142 Å². The number of fused-ring (bicyclic) bond motifs is 1. The molecule has 0 bridgehead atoms. The SMILES string of the molecule is CN(C)c1cccc2c(S(=O)(=O)N3CCN(N=N)CC3)cccc12. The summed E-state index contributed by atoms with van der Waals surface area (Å²) in [5.41, 5.74) is 8.02. The summed E-state index contributed by atoms with van der Waals surface area (Å²) >= 11 is 0. The molecular weight excluding hydrogens is 326 g/mol. The number of sulfonamides is 1. The van der Waals surface area contributed by atoms with Crippen LogP contribution in [0, 0.1) is 5.53 Å². The molecule has 2 aromatic carbocycles. The summed E-state index contributed by atoms with van der Waals surface area (Å²) in [5, 5.41) is 6.60. The zero-order valence-corrected chi connectivity index (χ0v) is 14.6. The molecule has 8 heteroatoms. The smallest absolute Gasteiger partial charge is 0.243 e. The van der Waals surface area contributed by atoms with Crippen molar-refractivity contribution in [2.24, 2.45) is 5.22 Å². The zero-order valence-electron chi connectivity index (χ0n) is 13.8. The Hall–Kier alpha value is -2.19. The van der Waals surface area contributed by atoms with E-state index in [1.165, 1.54) is 4.31 Å². The van der Waals surface area contributed by atoms with Crippen LogP contribution in [0.2, 0.25) is 0 Å². The van der Waals surface area contributed by atoms with Crippen molar-refractivity contribution in [3.63, 3.8) is 0 Å². The third-order valence-corrected chi connectivity index (χ3v) is 6.27. The molecule has 2 aromatic rings. The van der Waals surface area contributed by atoms with E-state index >= 15 is 0 Å². The molecule has 0 aromatic heterocycles. The summed E-state index contributed by atoms with van der Waals surface area (Å²) < 4.78 is 27.7. The second kappa shape index (κ2) is 6.37. The number of hydrogen-bond acceptors (Lipinski definition) is 5. The van der Waals surface area contributed by atoms with Crippen LogP contribution in [0.3, 0.4) is 0 Å². The van der Waals surface area contributed by atoms with E-state index in [0.717, 1.165) is 16.5 Å². The molecule has 0 unspecified atom stereocenters. The van der Waals surface area contributed by atoms with Gasteiger partial charge in [-0.05, 0) is 12.1 Å². The number of nitrogens with one attached hydrogen (secondary N) is 1. The Morgan fingerprint density at radius 1 is 1.00 bits per heavy atom. The number of nitrogens with zero attached hydrogens (tertiary/aromatic N) is 4. The van der Waals surface area contributed by atoms with Crippen molar-refractivity contribution in [3.8, 4) is 0 Å². The highest BCUT2D eigenvalue weighted by Gasteiger charge is 2.29. The molecule has 0 amide bonds. The molecule has 1 N–H and O–H groups in total. The summed E-state index contributed by atoms with van der Waals surface area (Å²) in [7, 11) is 0.310. The summed E-state index contributed by atoms with van der Waals surface area (Å²) in [5.74, 6) is 0. The van der Waals surface area contributed by atoms with E-state index in [1.54, 1.807) is 17.1 Å². The van der Waals surface area contributed by atoms with Crippen molar-refractivity contribution >= 4 is 26.5 Å². The van der Waals surface area contributed by atoms with E-state index in [-0.39, 0.29) is 0 Å². The molecule has 1 saturated heterocycles. The summed E-state index contributed by atoms with van der Waals surface area (Å²) in [6.45, 7) is 1.57. The van der Waals surface area contributed by atoms with Gasteiger partial charge < -0.3 is 4.90 Å². The minimum atomic E-state index is -3.58. The maximum Gasteiger partial charge on any atom is 0.243 e. The topological polar surface area (TPSA) is 80.1 Å². The zero-order chi connectivity index (χ0) is 17.3. The Morgan fingerprint density at radius 2 is 1.62 bits per heavy atom. The molecule has 3 rings (SSSR count). The molecule has 0 radical (unpaired) electrons. The molecule has 1 fully saturated rings. The monoisotopic (exact) mass is 347 g/mol. The Bertz CT molecular complexity index is 858. The van der Waals surface area contributed by atoms with Crippen LogP contribution >= 0.6 is 0 Å². The molecule has 0 aliphatic carbocycles. The first-order chi connectivity index (χ1) is 11.4. The van der Waals surface area contributed by atoms with Crippen molar-refractivity contribution in [2.45, 2.75) is 4.90 Å². The summed E-state index contributed by atoms with van der Waals surface area (Å²) in [6.07, 6.45) is 0. The lowest BCUT2D eigenvalue weighted by Crippen LogP contribution is -2.46. The quantitative estimate of drug-likeness (QED) is 0.860. The highest BCUT2D eigenvalue weighted by molar-refractivity contribution is 7.89. The number of anilines is 1. The Kier molecular flexibility index (Phi) is 4.42. The number of piperazine rings is 1.